The summed E-state index contributed by atoms with van der Waals surface area (Å²) in [6.45, 7) is 2.66. The predicted octanol–water partition coefficient (Wildman–Crippen LogP) is 1.44. The highest BCUT2D eigenvalue weighted by molar-refractivity contribution is 5.69. The molecule has 0 saturated carbocycles. The van der Waals surface area contributed by atoms with Gasteiger partial charge >= 0.3 is 18.0 Å². The maximum atomic E-state index is 11.3. The first kappa shape index (κ1) is 17.5. The normalized spacial score (nSPS) is 11.2. The maximum absolute atomic E-state index is 11.3. The van der Waals surface area contributed by atoms with Crippen LogP contribution >= 0.6 is 0 Å². The van der Waals surface area contributed by atoms with Crippen LogP contribution in [0.15, 0.2) is 24.3 Å². The first-order valence-corrected chi connectivity index (χ1v) is 6.66. The van der Waals surface area contributed by atoms with Gasteiger partial charge in [0.05, 0.1) is 13.2 Å². The van der Waals surface area contributed by atoms with Gasteiger partial charge in [0.2, 0.25) is 0 Å². The fraction of sp³-hybridized carbons (Fsp3) is 0.400. The van der Waals surface area contributed by atoms with Crippen LogP contribution in [-0.4, -0.2) is 37.8 Å². The second kappa shape index (κ2) is 8.66. The number of alkyl carbamates (subject to hydrolysis) is 1. The van der Waals surface area contributed by atoms with Crippen LogP contribution in [0.2, 0.25) is 0 Å². The molecule has 0 aliphatic carbocycles. The first-order chi connectivity index (χ1) is 10.4. The lowest BCUT2D eigenvalue weighted by Crippen LogP contribution is -2.40. The van der Waals surface area contributed by atoms with E-state index in [0.29, 0.717) is 12.2 Å². The molecule has 1 aromatic rings. The highest BCUT2D eigenvalue weighted by atomic mass is 16.5. The minimum absolute atomic E-state index is 0.0378. The van der Waals surface area contributed by atoms with Crippen LogP contribution in [0.3, 0.4) is 0 Å². The quantitative estimate of drug-likeness (QED) is 0.631. The molecular formula is C15H19NO6. The number of carbonyl (C=O) groups is 3. The summed E-state index contributed by atoms with van der Waals surface area (Å²) >= 11 is 0. The second-order valence-electron chi connectivity index (χ2n) is 4.58. The Hall–Kier alpha value is -2.57. The molecule has 0 aliphatic rings. The largest absolute Gasteiger partial charge is 0.464 e. The maximum Gasteiger partial charge on any atom is 0.407 e. The van der Waals surface area contributed by atoms with Gasteiger partial charge in [-0.2, -0.15) is 0 Å². The van der Waals surface area contributed by atoms with Crippen molar-refractivity contribution in [2.24, 2.45) is 0 Å². The van der Waals surface area contributed by atoms with E-state index in [1.165, 1.54) is 21.0 Å². The minimum Gasteiger partial charge on any atom is -0.464 e. The Morgan fingerprint density at radius 1 is 1.09 bits per heavy atom. The van der Waals surface area contributed by atoms with Crippen LogP contribution < -0.4 is 10.1 Å². The van der Waals surface area contributed by atoms with Crippen LogP contribution in [-0.2, 0) is 25.5 Å². The van der Waals surface area contributed by atoms with E-state index in [9.17, 15) is 14.4 Å². The number of hydrogen-bond acceptors (Lipinski definition) is 6. The molecule has 1 atom stereocenters. The molecule has 7 nitrogen and oxygen atoms in total. The second-order valence-corrected chi connectivity index (χ2v) is 4.58. The van der Waals surface area contributed by atoms with Gasteiger partial charge in [0.15, 0.2) is 0 Å². The van der Waals surface area contributed by atoms with Crippen molar-refractivity contribution in [3.05, 3.63) is 29.8 Å². The fourth-order valence-electron chi connectivity index (χ4n) is 1.74. The zero-order valence-corrected chi connectivity index (χ0v) is 12.8. The summed E-state index contributed by atoms with van der Waals surface area (Å²) < 4.78 is 14.4. The number of amides is 1. The molecule has 1 N–H and O–H groups in total. The summed E-state index contributed by atoms with van der Waals surface area (Å²) in [6.07, 6.45) is -0.170. The topological polar surface area (TPSA) is 90.9 Å². The summed E-state index contributed by atoms with van der Waals surface area (Å²) in [5.41, 5.74) is 0.879. The van der Waals surface area contributed by atoms with Crippen molar-refractivity contribution in [1.82, 2.24) is 5.32 Å². The average Bonchev–Trinajstić information content (AvgIpc) is 2.46. The minimum atomic E-state index is -0.603. The number of carbonyl (C=O) groups excluding carboxylic acids is 3. The lowest BCUT2D eigenvalue weighted by atomic mass is 10.1. The number of hydrogen-bond donors (Lipinski definition) is 1. The van der Waals surface area contributed by atoms with Crippen molar-refractivity contribution in [3.63, 3.8) is 0 Å². The van der Waals surface area contributed by atoms with Gasteiger partial charge in [-0.3, -0.25) is 9.59 Å². The lowest BCUT2D eigenvalue weighted by Gasteiger charge is -2.17. The van der Waals surface area contributed by atoms with E-state index in [-0.39, 0.29) is 6.61 Å². The molecular weight excluding hydrogens is 290 g/mol. The standard InChI is InChI=1S/C15H19NO6/c1-10(17)21-9-13(16-15(19)20-3)8-12-4-6-14(7-5-12)22-11(2)18/h4-7,13H,8-9H2,1-3H3,(H,16,19)/t13-/m0/s1. The third-order valence-electron chi connectivity index (χ3n) is 2.66. The van der Waals surface area contributed by atoms with Gasteiger partial charge in [0, 0.05) is 13.8 Å². The van der Waals surface area contributed by atoms with Crippen LogP contribution in [0.5, 0.6) is 5.75 Å². The molecule has 120 valence electrons. The van der Waals surface area contributed by atoms with Gasteiger partial charge in [0.1, 0.15) is 12.4 Å². The summed E-state index contributed by atoms with van der Waals surface area (Å²) in [7, 11) is 1.26. The van der Waals surface area contributed by atoms with E-state index in [1.54, 1.807) is 24.3 Å². The highest BCUT2D eigenvalue weighted by Gasteiger charge is 2.15. The number of ether oxygens (including phenoxy) is 3. The van der Waals surface area contributed by atoms with E-state index in [1.807, 2.05) is 0 Å². The van der Waals surface area contributed by atoms with E-state index < -0.39 is 24.1 Å². The first-order valence-electron chi connectivity index (χ1n) is 6.66. The molecule has 0 aliphatic heterocycles. The Kier molecular flexibility index (Phi) is 6.88. The van der Waals surface area contributed by atoms with E-state index in [4.69, 9.17) is 9.47 Å². The molecule has 0 saturated heterocycles. The molecule has 1 rings (SSSR count). The van der Waals surface area contributed by atoms with Crippen LogP contribution in [0.4, 0.5) is 4.79 Å². The Bertz CT molecular complexity index is 525. The number of esters is 2. The van der Waals surface area contributed by atoms with Crippen molar-refractivity contribution in [1.29, 1.82) is 0 Å². The van der Waals surface area contributed by atoms with Gasteiger partial charge < -0.3 is 19.5 Å². The van der Waals surface area contributed by atoms with Crippen LogP contribution in [0.25, 0.3) is 0 Å². The van der Waals surface area contributed by atoms with Crippen molar-refractivity contribution in [3.8, 4) is 5.75 Å². The van der Waals surface area contributed by atoms with Crippen LogP contribution in [0, 0.1) is 0 Å². The number of methoxy groups -OCH3 is 1. The fourth-order valence-corrected chi connectivity index (χ4v) is 1.74. The highest BCUT2D eigenvalue weighted by Crippen LogP contribution is 2.14. The van der Waals surface area contributed by atoms with Crippen molar-refractivity contribution < 1.29 is 28.6 Å². The SMILES string of the molecule is COC(=O)N[C@H](COC(C)=O)Cc1ccc(OC(C)=O)cc1. The van der Waals surface area contributed by atoms with E-state index in [2.05, 4.69) is 10.1 Å². The molecule has 0 heterocycles. The van der Waals surface area contributed by atoms with Gasteiger partial charge in [-0.25, -0.2) is 4.79 Å². The molecule has 0 unspecified atom stereocenters. The Balaban J connectivity index is 2.68. The molecule has 1 aromatic carbocycles. The monoisotopic (exact) mass is 309 g/mol. The zero-order chi connectivity index (χ0) is 16.5. The van der Waals surface area contributed by atoms with Crippen molar-refractivity contribution >= 4 is 18.0 Å². The Morgan fingerprint density at radius 2 is 1.73 bits per heavy atom. The summed E-state index contributed by atoms with van der Waals surface area (Å²) in [5, 5.41) is 2.59. The molecule has 22 heavy (non-hydrogen) atoms. The number of benzene rings is 1. The summed E-state index contributed by atoms with van der Waals surface area (Å²) in [5.74, 6) is -0.386. The Labute approximate surface area is 128 Å². The van der Waals surface area contributed by atoms with Gasteiger partial charge in [-0.1, -0.05) is 12.1 Å². The summed E-state index contributed by atoms with van der Waals surface area (Å²) in [4.78, 5) is 33.0. The van der Waals surface area contributed by atoms with Crippen LogP contribution in [0.1, 0.15) is 19.4 Å². The third-order valence-corrected chi connectivity index (χ3v) is 2.66. The van der Waals surface area contributed by atoms with Gasteiger partial charge in [0.25, 0.3) is 0 Å². The lowest BCUT2D eigenvalue weighted by molar-refractivity contribution is -0.141. The van der Waals surface area contributed by atoms with E-state index in [0.717, 1.165) is 5.56 Å². The molecule has 0 aromatic heterocycles. The average molecular weight is 309 g/mol. The molecule has 1 amide bonds. The number of nitrogens with one attached hydrogen (secondary N) is 1. The van der Waals surface area contributed by atoms with Crippen molar-refractivity contribution in [2.75, 3.05) is 13.7 Å². The Morgan fingerprint density at radius 3 is 2.23 bits per heavy atom. The predicted molar refractivity (Wildman–Crippen MR) is 77.4 cm³/mol. The third kappa shape index (κ3) is 6.74. The smallest absolute Gasteiger partial charge is 0.407 e. The van der Waals surface area contributed by atoms with Gasteiger partial charge in [-0.05, 0) is 24.1 Å². The zero-order valence-electron chi connectivity index (χ0n) is 12.8. The van der Waals surface area contributed by atoms with Crippen molar-refractivity contribution in [2.45, 2.75) is 26.3 Å². The molecule has 7 heteroatoms. The molecule has 0 fully saturated rings. The number of rotatable bonds is 6. The molecule has 0 bridgehead atoms. The van der Waals surface area contributed by atoms with Gasteiger partial charge in [-0.15, -0.1) is 0 Å². The molecule has 0 spiro atoms. The summed E-state index contributed by atoms with van der Waals surface area (Å²) in [6, 6.07) is 6.40. The van der Waals surface area contributed by atoms with E-state index >= 15 is 0 Å². The molecule has 0 radical (unpaired) electrons.